The normalized spacial score (nSPS) is 28.3. The third-order valence-corrected chi connectivity index (χ3v) is 3.96. The minimum atomic E-state index is 0.434. The topological polar surface area (TPSA) is 12.5 Å². The highest BCUT2D eigenvalue weighted by molar-refractivity contribution is 4.87. The first-order valence-electron chi connectivity index (χ1n) is 6.78. The third kappa shape index (κ3) is 3.74. The van der Waals surface area contributed by atoms with Gasteiger partial charge in [0, 0.05) is 19.2 Å². The van der Waals surface area contributed by atoms with E-state index in [-0.39, 0.29) is 0 Å². The Labute approximate surface area is 101 Å². The lowest BCUT2D eigenvalue weighted by Gasteiger charge is -2.45. The molecule has 96 valence electrons. The summed E-state index contributed by atoms with van der Waals surface area (Å²) in [5.41, 5.74) is 0.434. The average Bonchev–Trinajstić information content (AvgIpc) is 2.19. The Hall–Kier alpha value is -0.0800. The fourth-order valence-electron chi connectivity index (χ4n) is 3.01. The van der Waals surface area contributed by atoms with Gasteiger partial charge in [0.1, 0.15) is 0 Å². The maximum atomic E-state index is 5.46. The predicted molar refractivity (Wildman–Crippen MR) is 69.7 cm³/mol. The Morgan fingerprint density at radius 2 is 2.00 bits per heavy atom. The lowest BCUT2D eigenvalue weighted by Crippen LogP contribution is -2.48. The number of hydrogen-bond donors (Lipinski definition) is 0. The number of nitrogens with zero attached hydrogens (tertiary/aromatic N) is 1. The van der Waals surface area contributed by atoms with Crippen LogP contribution in [-0.4, -0.2) is 37.2 Å². The first-order chi connectivity index (χ1) is 7.46. The lowest BCUT2D eigenvalue weighted by molar-refractivity contribution is 0.0200. The van der Waals surface area contributed by atoms with Gasteiger partial charge in [-0.2, -0.15) is 0 Å². The molecule has 0 aromatic rings. The van der Waals surface area contributed by atoms with Gasteiger partial charge in [-0.15, -0.1) is 0 Å². The smallest absolute Gasteiger partial charge is 0.0593 e. The molecular weight excluding hydrogens is 198 g/mol. The fourth-order valence-corrected chi connectivity index (χ4v) is 3.01. The Balaban J connectivity index is 2.47. The number of likely N-dealkylation sites (tertiary alicyclic amines) is 1. The van der Waals surface area contributed by atoms with Crippen LogP contribution in [0.4, 0.5) is 0 Å². The van der Waals surface area contributed by atoms with Crippen molar-refractivity contribution in [1.29, 1.82) is 0 Å². The van der Waals surface area contributed by atoms with Crippen LogP contribution in [-0.2, 0) is 4.74 Å². The van der Waals surface area contributed by atoms with Crippen LogP contribution in [0.3, 0.4) is 0 Å². The summed E-state index contributed by atoms with van der Waals surface area (Å²) >= 11 is 0. The monoisotopic (exact) mass is 227 g/mol. The molecule has 1 aliphatic rings. The number of ether oxygens (including phenoxy) is 1. The fraction of sp³-hybridized carbons (Fsp3) is 1.00. The van der Waals surface area contributed by atoms with Gasteiger partial charge < -0.3 is 4.74 Å². The summed E-state index contributed by atoms with van der Waals surface area (Å²) in [7, 11) is 0. The Morgan fingerprint density at radius 1 is 1.31 bits per heavy atom. The molecule has 0 aromatic heterocycles. The maximum Gasteiger partial charge on any atom is 0.0593 e. The largest absolute Gasteiger partial charge is 0.380 e. The summed E-state index contributed by atoms with van der Waals surface area (Å²) in [6.45, 7) is 15.7. The van der Waals surface area contributed by atoms with Crippen molar-refractivity contribution in [2.24, 2.45) is 11.3 Å². The minimum absolute atomic E-state index is 0.434. The molecule has 0 amide bonds. The van der Waals surface area contributed by atoms with E-state index in [4.69, 9.17) is 4.74 Å². The molecule has 0 aromatic carbocycles. The molecule has 2 nitrogen and oxygen atoms in total. The molecule has 0 aliphatic carbocycles. The zero-order valence-corrected chi connectivity index (χ0v) is 11.8. The van der Waals surface area contributed by atoms with Crippen molar-refractivity contribution < 1.29 is 4.74 Å². The summed E-state index contributed by atoms with van der Waals surface area (Å²) in [6, 6.07) is 0.703. The summed E-state index contributed by atoms with van der Waals surface area (Å²) < 4.78 is 5.46. The van der Waals surface area contributed by atoms with E-state index in [1.807, 2.05) is 0 Å². The van der Waals surface area contributed by atoms with Gasteiger partial charge in [-0.3, -0.25) is 4.90 Å². The van der Waals surface area contributed by atoms with Crippen LogP contribution in [0.5, 0.6) is 0 Å². The quantitative estimate of drug-likeness (QED) is 0.684. The van der Waals surface area contributed by atoms with Crippen molar-refractivity contribution in [3.63, 3.8) is 0 Å². The lowest BCUT2D eigenvalue weighted by atomic mass is 9.72. The van der Waals surface area contributed by atoms with Crippen LogP contribution in [0.1, 0.15) is 47.5 Å². The van der Waals surface area contributed by atoms with Crippen molar-refractivity contribution in [3.05, 3.63) is 0 Å². The second kappa shape index (κ2) is 6.02. The first-order valence-corrected chi connectivity index (χ1v) is 6.78. The minimum Gasteiger partial charge on any atom is -0.380 e. The third-order valence-electron chi connectivity index (χ3n) is 3.96. The van der Waals surface area contributed by atoms with E-state index in [2.05, 4.69) is 39.5 Å². The Morgan fingerprint density at radius 3 is 2.56 bits per heavy atom. The van der Waals surface area contributed by atoms with Crippen LogP contribution < -0.4 is 0 Å². The van der Waals surface area contributed by atoms with Gasteiger partial charge in [0.25, 0.3) is 0 Å². The van der Waals surface area contributed by atoms with E-state index in [1.165, 1.54) is 19.4 Å². The predicted octanol–water partition coefficient (Wildman–Crippen LogP) is 3.17. The van der Waals surface area contributed by atoms with E-state index < -0.39 is 0 Å². The van der Waals surface area contributed by atoms with Crippen molar-refractivity contribution in [2.75, 3.05) is 26.3 Å². The van der Waals surface area contributed by atoms with Gasteiger partial charge >= 0.3 is 0 Å². The number of rotatable bonds is 4. The van der Waals surface area contributed by atoms with Gasteiger partial charge in [0.15, 0.2) is 0 Å². The van der Waals surface area contributed by atoms with Gasteiger partial charge in [0.05, 0.1) is 6.61 Å². The molecule has 0 spiro atoms. The first kappa shape index (κ1) is 14.0. The molecule has 16 heavy (non-hydrogen) atoms. The molecule has 1 heterocycles. The average molecular weight is 227 g/mol. The molecule has 2 atom stereocenters. The van der Waals surface area contributed by atoms with E-state index in [0.717, 1.165) is 25.7 Å². The zero-order valence-electron chi connectivity index (χ0n) is 11.8. The summed E-state index contributed by atoms with van der Waals surface area (Å²) in [5.74, 6) is 0.822. The molecule has 0 N–H and O–H groups in total. The van der Waals surface area contributed by atoms with E-state index in [0.29, 0.717) is 11.5 Å². The molecule has 0 radical (unpaired) electrons. The molecule has 2 unspecified atom stereocenters. The van der Waals surface area contributed by atoms with Crippen LogP contribution in [0.2, 0.25) is 0 Å². The highest BCUT2D eigenvalue weighted by atomic mass is 16.5. The molecular formula is C14H29NO. The van der Waals surface area contributed by atoms with Crippen molar-refractivity contribution in [1.82, 2.24) is 4.90 Å². The summed E-state index contributed by atoms with van der Waals surface area (Å²) in [5, 5.41) is 0. The highest BCUT2D eigenvalue weighted by Crippen LogP contribution is 2.37. The van der Waals surface area contributed by atoms with Gasteiger partial charge in [0.2, 0.25) is 0 Å². The SMILES string of the molecule is CCOCCN1CCCC(C(C)(C)C)C1C. The maximum absolute atomic E-state index is 5.46. The second-order valence-electron chi connectivity index (χ2n) is 6.09. The van der Waals surface area contributed by atoms with E-state index in [1.54, 1.807) is 0 Å². The van der Waals surface area contributed by atoms with E-state index in [9.17, 15) is 0 Å². The van der Waals surface area contributed by atoms with Gasteiger partial charge in [-0.05, 0) is 44.6 Å². The standard InChI is InChI=1S/C14H29NO/c1-6-16-11-10-15-9-7-8-13(12(15)2)14(3,4)5/h12-13H,6-11H2,1-5H3. The van der Waals surface area contributed by atoms with E-state index >= 15 is 0 Å². The van der Waals surface area contributed by atoms with Crippen molar-refractivity contribution in [2.45, 2.75) is 53.5 Å². The Bertz CT molecular complexity index is 197. The van der Waals surface area contributed by atoms with Crippen LogP contribution in [0.25, 0.3) is 0 Å². The number of piperidine rings is 1. The molecule has 1 fully saturated rings. The summed E-state index contributed by atoms with van der Waals surface area (Å²) in [4.78, 5) is 2.61. The van der Waals surface area contributed by atoms with Crippen molar-refractivity contribution >= 4 is 0 Å². The Kier molecular flexibility index (Phi) is 5.26. The molecule has 0 saturated carbocycles. The molecule has 1 rings (SSSR count). The molecule has 2 heteroatoms. The molecule has 0 bridgehead atoms. The van der Waals surface area contributed by atoms with Gasteiger partial charge in [-0.25, -0.2) is 0 Å². The van der Waals surface area contributed by atoms with Crippen LogP contribution in [0, 0.1) is 11.3 Å². The molecule has 1 saturated heterocycles. The second-order valence-corrected chi connectivity index (χ2v) is 6.09. The molecule has 1 aliphatic heterocycles. The van der Waals surface area contributed by atoms with Crippen LogP contribution in [0.15, 0.2) is 0 Å². The number of hydrogen-bond acceptors (Lipinski definition) is 2. The summed E-state index contributed by atoms with van der Waals surface area (Å²) in [6.07, 6.45) is 2.73. The highest BCUT2D eigenvalue weighted by Gasteiger charge is 2.35. The zero-order chi connectivity index (χ0) is 12.2. The van der Waals surface area contributed by atoms with Crippen molar-refractivity contribution in [3.8, 4) is 0 Å². The van der Waals surface area contributed by atoms with Gasteiger partial charge in [-0.1, -0.05) is 20.8 Å². The van der Waals surface area contributed by atoms with Crippen LogP contribution >= 0.6 is 0 Å².